The summed E-state index contributed by atoms with van der Waals surface area (Å²) in [5.41, 5.74) is 0. The van der Waals surface area contributed by atoms with Crippen LogP contribution in [0.3, 0.4) is 0 Å². The monoisotopic (exact) mass is 236 g/mol. The number of amides is 1. The Morgan fingerprint density at radius 2 is 2.12 bits per heavy atom. The first-order chi connectivity index (χ1) is 8.16. The number of anilines is 1. The van der Waals surface area contributed by atoms with E-state index in [1.165, 1.54) is 0 Å². The van der Waals surface area contributed by atoms with E-state index in [1.54, 1.807) is 24.4 Å². The van der Waals surface area contributed by atoms with Crippen LogP contribution >= 0.6 is 0 Å². The van der Waals surface area contributed by atoms with Crippen LogP contribution in [0.1, 0.15) is 12.8 Å². The number of aromatic nitrogens is 1. The van der Waals surface area contributed by atoms with Gasteiger partial charge in [0.1, 0.15) is 11.9 Å². The van der Waals surface area contributed by atoms with Gasteiger partial charge in [0.15, 0.2) is 6.10 Å². The number of aliphatic carboxylic acids is 1. The molecule has 6 nitrogen and oxygen atoms in total. The fourth-order valence-electron chi connectivity index (χ4n) is 1.66. The minimum atomic E-state index is -1.03. The SMILES string of the molecule is O=C(O)C1CCC(C(=O)Nc2ccccn2)O1. The minimum absolute atomic E-state index is 0.354. The van der Waals surface area contributed by atoms with Gasteiger partial charge in [0, 0.05) is 6.20 Å². The van der Waals surface area contributed by atoms with Gasteiger partial charge in [0.05, 0.1) is 0 Å². The van der Waals surface area contributed by atoms with E-state index in [2.05, 4.69) is 10.3 Å². The molecule has 2 unspecified atom stereocenters. The summed E-state index contributed by atoms with van der Waals surface area (Å²) in [5.74, 6) is -0.953. The maximum atomic E-state index is 11.7. The van der Waals surface area contributed by atoms with Gasteiger partial charge in [0.2, 0.25) is 0 Å². The van der Waals surface area contributed by atoms with Crippen molar-refractivity contribution in [2.45, 2.75) is 25.0 Å². The Labute approximate surface area is 97.6 Å². The van der Waals surface area contributed by atoms with Crippen LogP contribution in [0, 0.1) is 0 Å². The van der Waals surface area contributed by atoms with Gasteiger partial charge in [0.25, 0.3) is 5.91 Å². The van der Waals surface area contributed by atoms with E-state index in [0.29, 0.717) is 18.7 Å². The van der Waals surface area contributed by atoms with E-state index in [0.717, 1.165) is 0 Å². The lowest BCUT2D eigenvalue weighted by molar-refractivity contribution is -0.150. The summed E-state index contributed by atoms with van der Waals surface area (Å²) in [7, 11) is 0. The van der Waals surface area contributed by atoms with Crippen LogP contribution < -0.4 is 5.32 Å². The Hall–Kier alpha value is -1.95. The quantitative estimate of drug-likeness (QED) is 0.804. The van der Waals surface area contributed by atoms with Gasteiger partial charge in [-0.2, -0.15) is 0 Å². The van der Waals surface area contributed by atoms with Gasteiger partial charge in [-0.25, -0.2) is 9.78 Å². The van der Waals surface area contributed by atoms with Gasteiger partial charge in [-0.15, -0.1) is 0 Å². The molecular formula is C11H12N2O4. The van der Waals surface area contributed by atoms with Gasteiger partial charge in [-0.1, -0.05) is 6.07 Å². The molecule has 17 heavy (non-hydrogen) atoms. The molecule has 0 radical (unpaired) electrons. The third-order valence-electron chi connectivity index (χ3n) is 2.50. The fraction of sp³-hybridized carbons (Fsp3) is 0.364. The predicted molar refractivity (Wildman–Crippen MR) is 58.4 cm³/mol. The molecule has 1 amide bonds. The first-order valence-corrected chi connectivity index (χ1v) is 5.27. The van der Waals surface area contributed by atoms with Crippen molar-refractivity contribution in [3.05, 3.63) is 24.4 Å². The van der Waals surface area contributed by atoms with Crippen molar-refractivity contribution in [3.8, 4) is 0 Å². The maximum Gasteiger partial charge on any atom is 0.332 e. The first kappa shape index (κ1) is 11.5. The second-order valence-electron chi connectivity index (χ2n) is 3.73. The largest absolute Gasteiger partial charge is 0.479 e. The highest BCUT2D eigenvalue weighted by molar-refractivity contribution is 5.93. The molecule has 1 saturated heterocycles. The van der Waals surface area contributed by atoms with Crippen molar-refractivity contribution < 1.29 is 19.4 Å². The van der Waals surface area contributed by atoms with Crippen molar-refractivity contribution in [2.24, 2.45) is 0 Å². The first-order valence-electron chi connectivity index (χ1n) is 5.27. The van der Waals surface area contributed by atoms with E-state index in [9.17, 15) is 9.59 Å². The molecule has 2 rings (SSSR count). The molecule has 1 aromatic rings. The molecule has 0 bridgehead atoms. The summed E-state index contributed by atoms with van der Waals surface area (Å²) in [4.78, 5) is 26.3. The van der Waals surface area contributed by atoms with Gasteiger partial charge in [-0.3, -0.25) is 4.79 Å². The zero-order valence-electron chi connectivity index (χ0n) is 9.00. The fourth-order valence-corrected chi connectivity index (χ4v) is 1.66. The highest BCUT2D eigenvalue weighted by Gasteiger charge is 2.34. The van der Waals surface area contributed by atoms with Crippen molar-refractivity contribution in [3.63, 3.8) is 0 Å². The average Bonchev–Trinajstić information content (AvgIpc) is 2.79. The van der Waals surface area contributed by atoms with Crippen LogP contribution in [0.25, 0.3) is 0 Å². The number of hydrogen-bond acceptors (Lipinski definition) is 4. The number of carboxylic acids is 1. The molecule has 1 aromatic heterocycles. The second kappa shape index (κ2) is 4.92. The zero-order chi connectivity index (χ0) is 12.3. The number of carbonyl (C=O) groups is 2. The van der Waals surface area contributed by atoms with E-state index in [4.69, 9.17) is 9.84 Å². The van der Waals surface area contributed by atoms with Crippen molar-refractivity contribution in [1.29, 1.82) is 0 Å². The maximum absolute atomic E-state index is 11.7. The van der Waals surface area contributed by atoms with E-state index in [-0.39, 0.29) is 5.91 Å². The van der Waals surface area contributed by atoms with Gasteiger partial charge in [-0.05, 0) is 25.0 Å². The third-order valence-corrected chi connectivity index (χ3v) is 2.50. The Kier molecular flexibility index (Phi) is 3.34. The number of nitrogens with one attached hydrogen (secondary N) is 1. The van der Waals surface area contributed by atoms with Crippen LogP contribution in [0.15, 0.2) is 24.4 Å². The summed E-state index contributed by atoms with van der Waals surface area (Å²) in [6, 6.07) is 5.14. The Bertz CT molecular complexity index is 421. The lowest BCUT2D eigenvalue weighted by Gasteiger charge is -2.10. The summed E-state index contributed by atoms with van der Waals surface area (Å²) in [6.45, 7) is 0. The van der Waals surface area contributed by atoms with Crippen LogP contribution in [0.5, 0.6) is 0 Å². The Morgan fingerprint density at radius 3 is 2.71 bits per heavy atom. The van der Waals surface area contributed by atoms with Crippen LogP contribution in [-0.2, 0) is 14.3 Å². The van der Waals surface area contributed by atoms with Crippen LogP contribution in [0.4, 0.5) is 5.82 Å². The molecule has 2 N–H and O–H groups in total. The van der Waals surface area contributed by atoms with E-state index < -0.39 is 18.2 Å². The predicted octanol–water partition coefficient (Wildman–Crippen LogP) is 0.652. The van der Waals surface area contributed by atoms with E-state index in [1.807, 2.05) is 0 Å². The number of hydrogen-bond donors (Lipinski definition) is 2. The Balaban J connectivity index is 1.92. The smallest absolute Gasteiger partial charge is 0.332 e. The summed E-state index contributed by atoms with van der Waals surface area (Å²) < 4.78 is 5.12. The molecule has 6 heteroatoms. The molecule has 0 aliphatic carbocycles. The second-order valence-corrected chi connectivity index (χ2v) is 3.73. The lowest BCUT2D eigenvalue weighted by atomic mass is 10.2. The third kappa shape index (κ3) is 2.79. The summed E-state index contributed by atoms with van der Waals surface area (Å²) in [5, 5.41) is 11.3. The molecule has 1 aliphatic rings. The number of ether oxygens (including phenoxy) is 1. The number of carboxylic acid groups (broad SMARTS) is 1. The molecule has 1 aliphatic heterocycles. The highest BCUT2D eigenvalue weighted by Crippen LogP contribution is 2.20. The van der Waals surface area contributed by atoms with Crippen LogP contribution in [-0.4, -0.2) is 34.2 Å². The topological polar surface area (TPSA) is 88.5 Å². The average molecular weight is 236 g/mol. The van der Waals surface area contributed by atoms with Crippen molar-refractivity contribution in [1.82, 2.24) is 4.98 Å². The molecule has 90 valence electrons. The normalized spacial score (nSPS) is 23.3. The minimum Gasteiger partial charge on any atom is -0.479 e. The van der Waals surface area contributed by atoms with Gasteiger partial charge < -0.3 is 15.2 Å². The number of rotatable bonds is 3. The molecule has 2 atom stereocenters. The van der Waals surface area contributed by atoms with Crippen LogP contribution in [0.2, 0.25) is 0 Å². The molecule has 0 aromatic carbocycles. The van der Waals surface area contributed by atoms with Crippen molar-refractivity contribution in [2.75, 3.05) is 5.32 Å². The van der Waals surface area contributed by atoms with Gasteiger partial charge >= 0.3 is 5.97 Å². The number of nitrogens with zero attached hydrogens (tertiary/aromatic N) is 1. The summed E-state index contributed by atoms with van der Waals surface area (Å²) >= 11 is 0. The molecule has 0 spiro atoms. The lowest BCUT2D eigenvalue weighted by Crippen LogP contribution is -2.30. The zero-order valence-corrected chi connectivity index (χ0v) is 9.00. The number of carbonyl (C=O) groups excluding carboxylic acids is 1. The van der Waals surface area contributed by atoms with Crippen molar-refractivity contribution >= 4 is 17.7 Å². The molecule has 2 heterocycles. The Morgan fingerprint density at radius 1 is 1.35 bits per heavy atom. The highest BCUT2D eigenvalue weighted by atomic mass is 16.5. The standard InChI is InChI=1S/C11H12N2O4/c14-10(13-9-3-1-2-6-12-9)7-4-5-8(17-7)11(15)16/h1-3,6-8H,4-5H2,(H,15,16)(H,12,13,14). The van der Waals surface area contributed by atoms with E-state index >= 15 is 0 Å². The molecule has 1 fully saturated rings. The molecular weight excluding hydrogens is 224 g/mol. The molecule has 0 saturated carbocycles. The summed E-state index contributed by atoms with van der Waals surface area (Å²) in [6.07, 6.45) is 0.740. The number of pyridine rings is 1.